The first kappa shape index (κ1) is 45.7. The van der Waals surface area contributed by atoms with Crippen molar-refractivity contribution in [3.05, 3.63) is 75.2 Å². The molecule has 3 N–H and O–H groups in total. The van der Waals surface area contributed by atoms with Crippen LogP contribution in [0, 0.1) is 5.41 Å². The Labute approximate surface area is 398 Å². The average molecular weight is 950 g/mol. The van der Waals surface area contributed by atoms with Gasteiger partial charge >= 0.3 is 0 Å². The van der Waals surface area contributed by atoms with E-state index in [0.717, 1.165) is 106 Å². The first-order chi connectivity index (χ1) is 32.8. The standard InChI is InChI=1S/C49H57ClN10O8/c1-28(2)59-38-8-5-30(19-29(38)20-40(47(59)66)67-25-42(62)51-3)53-43-37(50)24-52-48(55-43)56-16-11-33(12-17-56)68-34-21-32(22-34)57-15-4-13-49(26-57)14-18-58(27-49)31-6-7-35-36(23-31)46(65)60(45(35)64)39-9-10-41(61)54-44(39)63/h5-8,19-20,23-24,28,32-34,39H,4,9-18,21-22,25-27H2,1-3H3,(H,51,62)(H,52,53,55)(H,54,61,63). The summed E-state index contributed by atoms with van der Waals surface area (Å²) in [6, 6.07) is 12.1. The van der Waals surface area contributed by atoms with Gasteiger partial charge in [-0.15, -0.1) is 0 Å². The molecule has 2 atom stereocenters. The Morgan fingerprint density at radius 1 is 0.912 bits per heavy atom. The Morgan fingerprint density at radius 3 is 2.47 bits per heavy atom. The molecule has 18 nitrogen and oxygen atoms in total. The van der Waals surface area contributed by atoms with E-state index in [-0.39, 0.29) is 60.3 Å². The Balaban J connectivity index is 0.707. The average Bonchev–Trinajstić information content (AvgIpc) is 3.83. The Morgan fingerprint density at radius 2 is 1.71 bits per heavy atom. The van der Waals surface area contributed by atoms with Crippen LogP contribution >= 0.6 is 11.6 Å². The van der Waals surface area contributed by atoms with Gasteiger partial charge in [0, 0.05) is 80.5 Å². The van der Waals surface area contributed by atoms with E-state index in [1.54, 1.807) is 22.9 Å². The number of nitrogens with zero attached hydrogens (tertiary/aromatic N) is 7. The topological polar surface area (TPSA) is 201 Å². The predicted molar refractivity (Wildman–Crippen MR) is 255 cm³/mol. The van der Waals surface area contributed by atoms with Crippen molar-refractivity contribution >= 4 is 75.2 Å². The summed E-state index contributed by atoms with van der Waals surface area (Å²) in [4.78, 5) is 93.8. The van der Waals surface area contributed by atoms with Gasteiger partial charge in [0.1, 0.15) is 11.1 Å². The quantitative estimate of drug-likeness (QED) is 0.164. The highest BCUT2D eigenvalue weighted by molar-refractivity contribution is 6.33. The maximum absolute atomic E-state index is 13.5. The largest absolute Gasteiger partial charge is 0.478 e. The van der Waals surface area contributed by atoms with Crippen molar-refractivity contribution in [2.75, 3.05) is 68.0 Å². The van der Waals surface area contributed by atoms with Crippen LogP contribution in [0.2, 0.25) is 5.02 Å². The molecule has 1 saturated carbocycles. The lowest BCUT2D eigenvalue weighted by molar-refractivity contribution is -0.136. The van der Waals surface area contributed by atoms with Gasteiger partial charge in [-0.2, -0.15) is 4.98 Å². The molecule has 19 heteroatoms. The number of halogens is 1. The minimum absolute atomic E-state index is 0.0894. The van der Waals surface area contributed by atoms with E-state index >= 15 is 0 Å². The van der Waals surface area contributed by atoms with E-state index < -0.39 is 29.7 Å². The molecule has 5 aliphatic heterocycles. The number of hydrogen-bond acceptors (Lipinski definition) is 14. The number of ether oxygens (including phenoxy) is 2. The van der Waals surface area contributed by atoms with Crippen LogP contribution in [0.3, 0.4) is 0 Å². The number of piperidine rings is 3. The van der Waals surface area contributed by atoms with Crippen LogP contribution in [0.15, 0.2) is 53.5 Å². The number of rotatable bonds is 12. The number of amides is 5. The van der Waals surface area contributed by atoms with E-state index in [2.05, 4.69) is 35.6 Å². The number of likely N-dealkylation sites (N-methyl/N-ethyl adjacent to an activating group) is 1. The summed E-state index contributed by atoms with van der Waals surface area (Å²) in [6.45, 7) is 8.94. The third kappa shape index (κ3) is 8.77. The van der Waals surface area contributed by atoms with Crippen LogP contribution in [-0.2, 0) is 19.1 Å². The molecule has 4 saturated heterocycles. The maximum Gasteiger partial charge on any atom is 0.293 e. The third-order valence-electron chi connectivity index (χ3n) is 14.8. The highest BCUT2D eigenvalue weighted by atomic mass is 35.5. The smallest absolute Gasteiger partial charge is 0.293 e. The van der Waals surface area contributed by atoms with Gasteiger partial charge in [0.25, 0.3) is 23.3 Å². The molecule has 68 heavy (non-hydrogen) atoms. The second kappa shape index (κ2) is 18.4. The van der Waals surface area contributed by atoms with Crippen molar-refractivity contribution in [1.29, 1.82) is 0 Å². The second-order valence-electron chi connectivity index (χ2n) is 19.5. The zero-order valence-corrected chi connectivity index (χ0v) is 39.3. The highest BCUT2D eigenvalue weighted by Gasteiger charge is 2.48. The van der Waals surface area contributed by atoms with Crippen molar-refractivity contribution in [3.8, 4) is 5.75 Å². The fourth-order valence-corrected chi connectivity index (χ4v) is 11.2. The molecule has 1 aliphatic carbocycles. The molecule has 4 aromatic rings. The number of pyridine rings is 1. The van der Waals surface area contributed by atoms with Gasteiger partial charge < -0.3 is 34.5 Å². The molecule has 358 valence electrons. The molecule has 2 aromatic carbocycles. The van der Waals surface area contributed by atoms with Crippen LogP contribution in [-0.4, -0.2) is 131 Å². The van der Waals surface area contributed by atoms with Gasteiger partial charge in [0.15, 0.2) is 18.2 Å². The monoisotopic (exact) mass is 948 g/mol. The number of fused-ring (bicyclic) bond motifs is 2. The lowest BCUT2D eigenvalue weighted by Crippen LogP contribution is -2.55. The molecular formula is C49H57ClN10O8. The zero-order chi connectivity index (χ0) is 47.4. The Hall–Kier alpha value is -6.11. The van der Waals surface area contributed by atoms with Crippen molar-refractivity contribution in [2.24, 2.45) is 5.41 Å². The van der Waals surface area contributed by atoms with Crippen LogP contribution in [0.4, 0.5) is 23.1 Å². The van der Waals surface area contributed by atoms with Gasteiger partial charge in [0.05, 0.1) is 35.0 Å². The number of hydrogen-bond donors (Lipinski definition) is 3. The molecule has 5 amide bonds. The third-order valence-corrected chi connectivity index (χ3v) is 15.0. The fourth-order valence-electron chi connectivity index (χ4n) is 11.1. The number of anilines is 4. The maximum atomic E-state index is 13.5. The summed E-state index contributed by atoms with van der Waals surface area (Å²) < 4.78 is 14.0. The zero-order valence-electron chi connectivity index (χ0n) is 38.6. The van der Waals surface area contributed by atoms with Crippen molar-refractivity contribution in [1.82, 2.24) is 35.0 Å². The van der Waals surface area contributed by atoms with Gasteiger partial charge in [0.2, 0.25) is 17.8 Å². The summed E-state index contributed by atoms with van der Waals surface area (Å²) in [5.74, 6) is -1.16. The molecule has 2 unspecified atom stereocenters. The number of carbonyl (C=O) groups excluding carboxylic acids is 5. The first-order valence-electron chi connectivity index (χ1n) is 23.8. The molecule has 0 bridgehead atoms. The Kier molecular flexibility index (Phi) is 12.4. The van der Waals surface area contributed by atoms with E-state index in [0.29, 0.717) is 39.6 Å². The minimum Gasteiger partial charge on any atom is -0.478 e. The van der Waals surface area contributed by atoms with Gasteiger partial charge in [-0.1, -0.05) is 11.6 Å². The predicted octanol–water partition coefficient (Wildman–Crippen LogP) is 4.80. The molecule has 2 aromatic heterocycles. The number of nitrogens with one attached hydrogen (secondary N) is 3. The summed E-state index contributed by atoms with van der Waals surface area (Å²) in [6.07, 6.45) is 9.35. The van der Waals surface area contributed by atoms with Gasteiger partial charge in [-0.05, 0) is 114 Å². The van der Waals surface area contributed by atoms with E-state index in [1.165, 1.54) is 7.05 Å². The van der Waals surface area contributed by atoms with Crippen molar-refractivity contribution in [3.63, 3.8) is 0 Å². The second-order valence-corrected chi connectivity index (χ2v) is 19.9. The van der Waals surface area contributed by atoms with E-state index in [9.17, 15) is 28.8 Å². The molecule has 7 heterocycles. The van der Waals surface area contributed by atoms with Crippen LogP contribution in [0.5, 0.6) is 5.75 Å². The van der Waals surface area contributed by atoms with Gasteiger partial charge in [-0.3, -0.25) is 43.9 Å². The lowest BCUT2D eigenvalue weighted by Gasteiger charge is -2.50. The number of imide groups is 2. The summed E-state index contributed by atoms with van der Waals surface area (Å²) in [5, 5.41) is 9.23. The number of carbonyl (C=O) groups is 5. The number of benzene rings is 2. The summed E-state index contributed by atoms with van der Waals surface area (Å²) >= 11 is 6.62. The SMILES string of the molecule is CNC(=O)COc1cc2cc(Nc3nc(N4CCC(OC5CC(N6CCCC7(CCN(c8ccc9c(c8)C(=O)N(C8CCC(=O)NC8=O)C9=O)C7)C6)C5)CC4)ncc3Cl)ccc2n(C(C)C)c1=O. The molecule has 1 spiro atoms. The molecular weight excluding hydrogens is 892 g/mol. The Bertz CT molecular complexity index is 2750. The van der Waals surface area contributed by atoms with Crippen LogP contribution in [0.1, 0.15) is 98.4 Å². The van der Waals surface area contributed by atoms with E-state index in [1.807, 2.05) is 44.2 Å². The van der Waals surface area contributed by atoms with Crippen LogP contribution < -0.4 is 36.0 Å². The van der Waals surface area contributed by atoms with E-state index in [4.69, 9.17) is 26.1 Å². The normalized spacial score (nSPS) is 24.5. The highest BCUT2D eigenvalue weighted by Crippen LogP contribution is 2.44. The summed E-state index contributed by atoms with van der Waals surface area (Å²) in [5.41, 5.74) is 2.82. The van der Waals surface area contributed by atoms with Crippen molar-refractivity contribution in [2.45, 2.75) is 102 Å². The summed E-state index contributed by atoms with van der Waals surface area (Å²) in [7, 11) is 1.51. The lowest BCUT2D eigenvalue weighted by atomic mass is 9.76. The van der Waals surface area contributed by atoms with Crippen molar-refractivity contribution < 1.29 is 33.4 Å². The molecule has 0 radical (unpaired) electrons. The van der Waals surface area contributed by atoms with Gasteiger partial charge in [-0.25, -0.2) is 4.98 Å². The fraction of sp³-hybridized carbons (Fsp3) is 0.510. The number of likely N-dealkylation sites (tertiary alicyclic amines) is 1. The molecule has 6 aliphatic rings. The molecule has 10 rings (SSSR count). The van der Waals surface area contributed by atoms with Crippen LogP contribution in [0.25, 0.3) is 10.9 Å². The number of aromatic nitrogens is 3. The first-order valence-corrected chi connectivity index (χ1v) is 24.2. The molecule has 5 fully saturated rings. The minimum atomic E-state index is -0.979.